The molecule has 0 saturated carbocycles. The first-order chi connectivity index (χ1) is 12.2. The maximum Gasteiger partial charge on any atom is 0.222 e. The number of nitrogens with zero attached hydrogens (tertiary/aromatic N) is 3. The van der Waals surface area contributed by atoms with Gasteiger partial charge in [-0.2, -0.15) is 5.10 Å². The number of carbonyl (C=O) groups excluding carboxylic acids is 1. The van der Waals surface area contributed by atoms with E-state index in [0.29, 0.717) is 51.6 Å². The van der Waals surface area contributed by atoms with E-state index in [-0.39, 0.29) is 12.0 Å². The van der Waals surface area contributed by atoms with E-state index in [2.05, 4.69) is 15.2 Å². The molecular formula is C18H24N4O3. The van der Waals surface area contributed by atoms with Gasteiger partial charge in [0.2, 0.25) is 5.91 Å². The Bertz CT molecular complexity index is 674. The predicted molar refractivity (Wildman–Crippen MR) is 91.7 cm³/mol. The highest BCUT2D eigenvalue weighted by molar-refractivity contribution is 5.76. The van der Waals surface area contributed by atoms with Gasteiger partial charge in [0, 0.05) is 19.6 Å². The zero-order chi connectivity index (χ0) is 17.5. The molecule has 0 bridgehead atoms. The summed E-state index contributed by atoms with van der Waals surface area (Å²) in [6.07, 6.45) is 0.944. The van der Waals surface area contributed by atoms with Crippen molar-refractivity contribution in [2.75, 3.05) is 26.3 Å². The number of hydrogen-bond acceptors (Lipinski definition) is 5. The Hall–Kier alpha value is -2.25. The van der Waals surface area contributed by atoms with Gasteiger partial charge < -0.3 is 14.4 Å². The van der Waals surface area contributed by atoms with Crippen LogP contribution in [0.3, 0.4) is 0 Å². The zero-order valence-corrected chi connectivity index (χ0v) is 14.5. The first kappa shape index (κ1) is 17.6. The normalized spacial score (nSPS) is 17.6. The fourth-order valence-corrected chi connectivity index (χ4v) is 2.78. The SMILES string of the molecule is Cc1nc(C2CN(C(=O)CCCOCc3ccccc3)CCO2)n[nH]1. The number of aryl methyl sites for hydroxylation is 1. The molecule has 1 unspecified atom stereocenters. The maximum atomic E-state index is 12.4. The third-order valence-corrected chi connectivity index (χ3v) is 4.11. The summed E-state index contributed by atoms with van der Waals surface area (Å²) in [5.74, 6) is 1.49. The van der Waals surface area contributed by atoms with Gasteiger partial charge in [0.15, 0.2) is 5.82 Å². The van der Waals surface area contributed by atoms with Crippen LogP contribution in [-0.4, -0.2) is 52.3 Å². The molecule has 1 fully saturated rings. The van der Waals surface area contributed by atoms with Crippen molar-refractivity contribution in [3.63, 3.8) is 0 Å². The second-order valence-corrected chi connectivity index (χ2v) is 6.12. The van der Waals surface area contributed by atoms with Crippen LogP contribution in [-0.2, 0) is 20.9 Å². The van der Waals surface area contributed by atoms with E-state index in [1.807, 2.05) is 42.2 Å². The fraction of sp³-hybridized carbons (Fsp3) is 0.500. The lowest BCUT2D eigenvalue weighted by Crippen LogP contribution is -2.42. The first-order valence-electron chi connectivity index (χ1n) is 8.62. The monoisotopic (exact) mass is 344 g/mol. The summed E-state index contributed by atoms with van der Waals surface area (Å²) in [6, 6.07) is 10.0. The second kappa shape index (κ2) is 8.73. The van der Waals surface area contributed by atoms with Crippen LogP contribution in [0.5, 0.6) is 0 Å². The number of aromatic amines is 1. The summed E-state index contributed by atoms with van der Waals surface area (Å²) < 4.78 is 11.3. The summed E-state index contributed by atoms with van der Waals surface area (Å²) in [4.78, 5) is 18.5. The average Bonchev–Trinajstić information content (AvgIpc) is 3.09. The highest BCUT2D eigenvalue weighted by Crippen LogP contribution is 2.19. The third-order valence-electron chi connectivity index (χ3n) is 4.11. The molecule has 1 amide bonds. The van der Waals surface area contributed by atoms with E-state index in [1.54, 1.807) is 0 Å². The summed E-state index contributed by atoms with van der Waals surface area (Å²) in [6.45, 7) is 4.63. The first-order valence-corrected chi connectivity index (χ1v) is 8.62. The van der Waals surface area contributed by atoms with Gasteiger partial charge in [-0.15, -0.1) is 0 Å². The number of amides is 1. The summed E-state index contributed by atoms with van der Waals surface area (Å²) >= 11 is 0. The molecule has 1 aliphatic heterocycles. The number of hydrogen-bond donors (Lipinski definition) is 1. The Morgan fingerprint density at radius 2 is 2.24 bits per heavy atom. The smallest absolute Gasteiger partial charge is 0.222 e. The molecule has 3 rings (SSSR count). The Kier molecular flexibility index (Phi) is 6.14. The maximum absolute atomic E-state index is 12.4. The highest BCUT2D eigenvalue weighted by Gasteiger charge is 2.27. The largest absolute Gasteiger partial charge is 0.377 e. The molecule has 1 aromatic carbocycles. The average molecular weight is 344 g/mol. The number of benzene rings is 1. The summed E-state index contributed by atoms with van der Waals surface area (Å²) in [5.41, 5.74) is 1.15. The number of H-pyrrole nitrogens is 1. The van der Waals surface area contributed by atoms with Crippen molar-refractivity contribution in [3.8, 4) is 0 Å². The predicted octanol–water partition coefficient (Wildman–Crippen LogP) is 2.01. The van der Waals surface area contributed by atoms with Crippen LogP contribution in [0.25, 0.3) is 0 Å². The van der Waals surface area contributed by atoms with Crippen molar-refractivity contribution in [1.29, 1.82) is 0 Å². The molecule has 2 heterocycles. The minimum Gasteiger partial charge on any atom is -0.377 e. The molecule has 1 aliphatic rings. The quantitative estimate of drug-likeness (QED) is 0.777. The Labute approximate surface area is 147 Å². The Morgan fingerprint density at radius 3 is 3.00 bits per heavy atom. The van der Waals surface area contributed by atoms with Crippen LogP contribution in [0.15, 0.2) is 30.3 Å². The molecule has 0 spiro atoms. The number of morpholine rings is 1. The van der Waals surface area contributed by atoms with Gasteiger partial charge in [0.1, 0.15) is 11.9 Å². The molecule has 1 N–H and O–H groups in total. The van der Waals surface area contributed by atoms with E-state index in [1.165, 1.54) is 0 Å². The minimum absolute atomic E-state index is 0.129. The number of aromatic nitrogens is 3. The van der Waals surface area contributed by atoms with Crippen molar-refractivity contribution >= 4 is 5.91 Å². The second-order valence-electron chi connectivity index (χ2n) is 6.12. The number of carbonyl (C=O) groups is 1. The summed E-state index contributed by atoms with van der Waals surface area (Å²) in [5, 5.41) is 6.94. The topological polar surface area (TPSA) is 80.3 Å². The zero-order valence-electron chi connectivity index (χ0n) is 14.5. The van der Waals surface area contributed by atoms with Gasteiger partial charge in [0.05, 0.1) is 19.8 Å². The Morgan fingerprint density at radius 1 is 1.40 bits per heavy atom. The lowest BCUT2D eigenvalue weighted by Gasteiger charge is -2.31. The number of nitrogens with one attached hydrogen (secondary N) is 1. The van der Waals surface area contributed by atoms with Gasteiger partial charge in [0.25, 0.3) is 0 Å². The van der Waals surface area contributed by atoms with Gasteiger partial charge in [-0.1, -0.05) is 30.3 Å². The van der Waals surface area contributed by atoms with Crippen LogP contribution >= 0.6 is 0 Å². The van der Waals surface area contributed by atoms with Crippen LogP contribution in [0, 0.1) is 6.92 Å². The standard InChI is InChI=1S/C18H24N4O3/c1-14-19-18(21-20-14)16-12-22(9-11-25-16)17(23)8-5-10-24-13-15-6-3-2-4-7-15/h2-4,6-7,16H,5,8-13H2,1H3,(H,19,20,21). The number of ether oxygens (including phenoxy) is 2. The van der Waals surface area contributed by atoms with Crippen molar-refractivity contribution < 1.29 is 14.3 Å². The third kappa shape index (κ3) is 5.11. The molecule has 1 atom stereocenters. The van der Waals surface area contributed by atoms with Gasteiger partial charge >= 0.3 is 0 Å². The molecule has 7 heteroatoms. The van der Waals surface area contributed by atoms with Crippen LogP contribution in [0.2, 0.25) is 0 Å². The minimum atomic E-state index is -0.253. The van der Waals surface area contributed by atoms with Crippen molar-refractivity contribution in [2.24, 2.45) is 0 Å². The van der Waals surface area contributed by atoms with E-state index in [9.17, 15) is 4.79 Å². The van der Waals surface area contributed by atoms with Gasteiger partial charge in [-0.3, -0.25) is 9.89 Å². The fourth-order valence-electron chi connectivity index (χ4n) is 2.78. The van der Waals surface area contributed by atoms with E-state index in [4.69, 9.17) is 9.47 Å². The van der Waals surface area contributed by atoms with Crippen LogP contribution in [0.4, 0.5) is 0 Å². The molecule has 25 heavy (non-hydrogen) atoms. The molecular weight excluding hydrogens is 320 g/mol. The highest BCUT2D eigenvalue weighted by atomic mass is 16.5. The Balaban J connectivity index is 1.37. The van der Waals surface area contributed by atoms with E-state index >= 15 is 0 Å². The molecule has 134 valence electrons. The summed E-state index contributed by atoms with van der Waals surface area (Å²) in [7, 11) is 0. The lowest BCUT2D eigenvalue weighted by atomic mass is 10.2. The van der Waals surface area contributed by atoms with E-state index < -0.39 is 0 Å². The molecule has 0 radical (unpaired) electrons. The molecule has 0 aliphatic carbocycles. The molecule has 1 saturated heterocycles. The number of rotatable bonds is 7. The van der Waals surface area contributed by atoms with Crippen LogP contribution < -0.4 is 0 Å². The molecule has 2 aromatic rings. The molecule has 1 aromatic heterocycles. The van der Waals surface area contributed by atoms with Crippen molar-refractivity contribution in [3.05, 3.63) is 47.5 Å². The van der Waals surface area contributed by atoms with Crippen molar-refractivity contribution in [1.82, 2.24) is 20.1 Å². The van der Waals surface area contributed by atoms with Gasteiger partial charge in [-0.25, -0.2) is 4.98 Å². The van der Waals surface area contributed by atoms with Crippen molar-refractivity contribution in [2.45, 2.75) is 32.5 Å². The lowest BCUT2D eigenvalue weighted by molar-refractivity contribution is -0.139. The molecule has 7 nitrogen and oxygen atoms in total. The van der Waals surface area contributed by atoms with Crippen LogP contribution in [0.1, 0.15) is 36.2 Å². The van der Waals surface area contributed by atoms with E-state index in [0.717, 1.165) is 11.4 Å². The van der Waals surface area contributed by atoms with Gasteiger partial charge in [-0.05, 0) is 18.9 Å².